The van der Waals surface area contributed by atoms with Gasteiger partial charge in [0.2, 0.25) is 11.8 Å². The maximum Gasteiger partial charge on any atom is 0.333 e. The monoisotopic (exact) mass is 436 g/mol. The van der Waals surface area contributed by atoms with Gasteiger partial charge in [0.05, 0.1) is 25.2 Å². The fraction of sp³-hybridized carbons (Fsp3) is 0.368. The number of methoxy groups -OCH3 is 2. The highest BCUT2D eigenvalue weighted by Crippen LogP contribution is 2.24. The van der Waals surface area contributed by atoms with Crippen LogP contribution in [0.4, 0.5) is 5.69 Å². The van der Waals surface area contributed by atoms with Gasteiger partial charge in [-0.15, -0.1) is 0 Å². The predicted octanol–water partition coefficient (Wildman–Crippen LogP) is 0.372. The Morgan fingerprint density at radius 1 is 1.17 bits per heavy atom. The molecule has 1 amide bonds. The van der Waals surface area contributed by atoms with Crippen LogP contribution in [0.1, 0.15) is 5.56 Å². The van der Waals surface area contributed by atoms with E-state index in [1.165, 1.54) is 28.3 Å². The third kappa shape index (κ3) is 5.51. The number of nitrogens with zero attached hydrogens (tertiary/aromatic N) is 3. The number of aromatic nitrogens is 2. The van der Waals surface area contributed by atoms with Crippen LogP contribution in [0.2, 0.25) is 0 Å². The van der Waals surface area contributed by atoms with E-state index in [0.717, 1.165) is 20.9 Å². The molecule has 2 rings (SSSR count). The molecule has 11 heteroatoms. The van der Waals surface area contributed by atoms with Gasteiger partial charge in [-0.2, -0.15) is 0 Å². The van der Waals surface area contributed by atoms with Crippen LogP contribution in [0.5, 0.6) is 11.6 Å². The van der Waals surface area contributed by atoms with Gasteiger partial charge in [0.15, 0.2) is 0 Å². The highest BCUT2D eigenvalue weighted by atomic mass is 32.2. The molecule has 0 aliphatic carbocycles. The fourth-order valence-corrected chi connectivity index (χ4v) is 3.30. The zero-order valence-corrected chi connectivity index (χ0v) is 18.0. The van der Waals surface area contributed by atoms with Gasteiger partial charge in [-0.05, 0) is 24.3 Å². The first kappa shape index (κ1) is 23.2. The van der Waals surface area contributed by atoms with Crippen LogP contribution >= 0.6 is 11.8 Å². The highest BCUT2D eigenvalue weighted by molar-refractivity contribution is 8.15. The second kappa shape index (κ2) is 10.6. The highest BCUT2D eigenvalue weighted by Gasteiger charge is 2.21. The lowest BCUT2D eigenvalue weighted by molar-refractivity contribution is -0.118. The third-order valence-corrected chi connectivity index (χ3v) is 5.09. The number of carbonyl (C=O) groups is 1. The number of thioether (sulfide) groups is 1. The molecule has 1 aromatic carbocycles. The summed E-state index contributed by atoms with van der Waals surface area (Å²) < 4.78 is 11.8. The van der Waals surface area contributed by atoms with E-state index < -0.39 is 17.1 Å². The summed E-state index contributed by atoms with van der Waals surface area (Å²) in [7, 11) is 5.71. The number of ether oxygens (including phenoxy) is 2. The maximum absolute atomic E-state index is 12.7. The number of hydrogen-bond donors (Lipinski definition) is 2. The van der Waals surface area contributed by atoms with Gasteiger partial charge < -0.3 is 19.9 Å². The molecule has 0 aliphatic rings. The first-order valence-corrected chi connectivity index (χ1v) is 9.89. The standard InChI is InChI=1S/C19H24N4O6S/c1-22-17(25)15(18(26)23(2)19(22)27)16(30-11-14(24)20-9-10-28-3)21-12-5-7-13(29-4)8-6-12/h5-8,25H,9-11H2,1-4H3,(H,20,24). The average molecular weight is 436 g/mol. The number of rotatable bonds is 8. The van der Waals surface area contributed by atoms with Gasteiger partial charge in [0.1, 0.15) is 16.4 Å². The van der Waals surface area contributed by atoms with Gasteiger partial charge in [-0.3, -0.25) is 18.7 Å². The maximum atomic E-state index is 12.7. The molecule has 2 N–H and O–H groups in total. The number of hydrogen-bond acceptors (Lipinski definition) is 8. The molecule has 0 fully saturated rings. The van der Waals surface area contributed by atoms with Gasteiger partial charge >= 0.3 is 5.69 Å². The Bertz CT molecular complexity index is 1040. The SMILES string of the molecule is COCCNC(=O)CSC(=Nc1ccc(OC)cc1)c1c(O)n(C)c(=O)n(C)c1=O. The number of benzene rings is 1. The van der Waals surface area contributed by atoms with Crippen LogP contribution in [0, 0.1) is 0 Å². The van der Waals surface area contributed by atoms with Gasteiger partial charge in [0.25, 0.3) is 5.56 Å². The minimum Gasteiger partial charge on any atom is -0.497 e. The molecule has 0 spiro atoms. The fourth-order valence-electron chi connectivity index (χ4n) is 2.43. The number of amides is 1. The summed E-state index contributed by atoms with van der Waals surface area (Å²) in [4.78, 5) is 41.3. The largest absolute Gasteiger partial charge is 0.497 e. The molecule has 0 saturated carbocycles. The first-order valence-electron chi connectivity index (χ1n) is 8.90. The Balaban J connectivity index is 2.46. The zero-order valence-electron chi connectivity index (χ0n) is 17.2. The van der Waals surface area contributed by atoms with Crippen LogP contribution in [-0.4, -0.2) is 58.3 Å². The van der Waals surface area contributed by atoms with Gasteiger partial charge in [-0.1, -0.05) is 11.8 Å². The lowest BCUT2D eigenvalue weighted by Gasteiger charge is -2.12. The normalized spacial score (nSPS) is 11.4. The van der Waals surface area contributed by atoms with E-state index in [9.17, 15) is 19.5 Å². The Morgan fingerprint density at radius 3 is 2.43 bits per heavy atom. The first-order chi connectivity index (χ1) is 14.3. The third-order valence-electron chi connectivity index (χ3n) is 4.12. The van der Waals surface area contributed by atoms with E-state index in [-0.39, 0.29) is 22.3 Å². The van der Waals surface area contributed by atoms with E-state index in [1.54, 1.807) is 24.3 Å². The average Bonchev–Trinajstić information content (AvgIpc) is 2.75. The number of carbonyl (C=O) groups excluding carboxylic acids is 1. The summed E-state index contributed by atoms with van der Waals surface area (Å²) in [6.07, 6.45) is 0. The smallest absolute Gasteiger partial charge is 0.333 e. The van der Waals surface area contributed by atoms with Gasteiger partial charge in [0, 0.05) is 27.7 Å². The number of aliphatic imine (C=N–C) groups is 1. The summed E-state index contributed by atoms with van der Waals surface area (Å²) in [5.41, 5.74) is -1.07. The summed E-state index contributed by atoms with van der Waals surface area (Å²) in [6.45, 7) is 0.707. The van der Waals surface area contributed by atoms with Crippen molar-refractivity contribution < 1.29 is 19.4 Å². The lowest BCUT2D eigenvalue weighted by atomic mass is 10.3. The number of aromatic hydroxyl groups is 1. The number of nitrogens with one attached hydrogen (secondary N) is 1. The van der Waals surface area contributed by atoms with E-state index in [0.29, 0.717) is 24.6 Å². The molecule has 0 atom stereocenters. The van der Waals surface area contributed by atoms with E-state index in [2.05, 4.69) is 10.3 Å². The Hall–Kier alpha value is -3.05. The van der Waals surface area contributed by atoms with Crippen molar-refractivity contribution in [2.75, 3.05) is 33.1 Å². The van der Waals surface area contributed by atoms with Crippen molar-refractivity contribution in [2.45, 2.75) is 0 Å². The zero-order chi connectivity index (χ0) is 22.3. The van der Waals surface area contributed by atoms with Crippen molar-refractivity contribution in [3.05, 3.63) is 50.7 Å². The molecule has 1 heterocycles. The van der Waals surface area contributed by atoms with Crippen LogP contribution in [0.25, 0.3) is 0 Å². The minimum absolute atomic E-state index is 0.0515. The van der Waals surface area contributed by atoms with Crippen molar-refractivity contribution in [1.82, 2.24) is 14.5 Å². The van der Waals surface area contributed by atoms with Gasteiger partial charge in [-0.25, -0.2) is 9.79 Å². The Labute approximate surface area is 177 Å². The molecule has 1 aromatic heterocycles. The summed E-state index contributed by atoms with van der Waals surface area (Å²) in [5.74, 6) is -0.241. The van der Waals surface area contributed by atoms with Crippen molar-refractivity contribution in [3.63, 3.8) is 0 Å². The second-order valence-electron chi connectivity index (χ2n) is 6.15. The van der Waals surface area contributed by atoms with Crippen LogP contribution in [0.3, 0.4) is 0 Å². The quantitative estimate of drug-likeness (QED) is 0.348. The van der Waals surface area contributed by atoms with Crippen LogP contribution in [0.15, 0.2) is 38.8 Å². The molecule has 10 nitrogen and oxygen atoms in total. The molecule has 162 valence electrons. The molecular formula is C19H24N4O6S. The summed E-state index contributed by atoms with van der Waals surface area (Å²) in [6, 6.07) is 6.72. The predicted molar refractivity (Wildman–Crippen MR) is 115 cm³/mol. The molecule has 0 bridgehead atoms. The van der Waals surface area contributed by atoms with E-state index in [1.807, 2.05) is 0 Å². The lowest BCUT2D eigenvalue weighted by Crippen LogP contribution is -2.40. The topological polar surface area (TPSA) is 124 Å². The molecule has 0 unspecified atom stereocenters. The minimum atomic E-state index is -0.713. The Kier molecular flexibility index (Phi) is 8.25. The van der Waals surface area contributed by atoms with E-state index >= 15 is 0 Å². The van der Waals surface area contributed by atoms with Crippen LogP contribution < -0.4 is 21.3 Å². The summed E-state index contributed by atoms with van der Waals surface area (Å²) >= 11 is 0.974. The summed E-state index contributed by atoms with van der Waals surface area (Å²) in [5, 5.41) is 13.3. The van der Waals surface area contributed by atoms with Crippen molar-refractivity contribution in [1.29, 1.82) is 0 Å². The van der Waals surface area contributed by atoms with Crippen LogP contribution in [-0.2, 0) is 23.6 Å². The van der Waals surface area contributed by atoms with Crippen molar-refractivity contribution >= 4 is 28.4 Å². The molecule has 30 heavy (non-hydrogen) atoms. The van der Waals surface area contributed by atoms with Crippen molar-refractivity contribution in [2.24, 2.45) is 19.1 Å². The molecule has 0 saturated heterocycles. The second-order valence-corrected chi connectivity index (χ2v) is 7.11. The molecule has 0 radical (unpaired) electrons. The molecular weight excluding hydrogens is 412 g/mol. The molecule has 0 aliphatic heterocycles. The molecule has 2 aromatic rings. The van der Waals surface area contributed by atoms with E-state index in [4.69, 9.17) is 9.47 Å². The Morgan fingerprint density at radius 2 is 1.83 bits per heavy atom. The van der Waals surface area contributed by atoms with Crippen molar-refractivity contribution in [3.8, 4) is 11.6 Å².